The van der Waals surface area contributed by atoms with Crippen LogP contribution in [0.1, 0.15) is 39.7 Å². The first-order valence-electron chi connectivity index (χ1n) is 6.21. The van der Waals surface area contributed by atoms with Gasteiger partial charge in [0.2, 0.25) is 0 Å². The van der Waals surface area contributed by atoms with Gasteiger partial charge in [0.1, 0.15) is 5.82 Å². The van der Waals surface area contributed by atoms with Crippen molar-refractivity contribution in [1.82, 2.24) is 0 Å². The Kier molecular flexibility index (Phi) is 4.70. The number of hydrogen-bond acceptors (Lipinski definition) is 1. The fourth-order valence-corrected chi connectivity index (χ4v) is 1.74. The van der Waals surface area contributed by atoms with Gasteiger partial charge in [0.05, 0.1) is 6.10 Å². The minimum absolute atomic E-state index is 0.212. The second-order valence-electron chi connectivity index (χ2n) is 5.99. The van der Waals surface area contributed by atoms with Crippen LogP contribution in [0.15, 0.2) is 24.3 Å². The van der Waals surface area contributed by atoms with Crippen molar-refractivity contribution in [3.05, 3.63) is 35.6 Å². The summed E-state index contributed by atoms with van der Waals surface area (Å²) in [4.78, 5) is 0. The van der Waals surface area contributed by atoms with E-state index in [2.05, 4.69) is 27.7 Å². The van der Waals surface area contributed by atoms with Gasteiger partial charge in [-0.15, -0.1) is 0 Å². The summed E-state index contributed by atoms with van der Waals surface area (Å²) in [5.74, 6) is 0.226. The molecule has 0 spiro atoms. The average Bonchev–Trinajstić information content (AvgIpc) is 2.20. The van der Waals surface area contributed by atoms with Crippen LogP contribution < -0.4 is 0 Å². The Morgan fingerprint density at radius 1 is 1.18 bits per heavy atom. The van der Waals surface area contributed by atoms with E-state index in [1.54, 1.807) is 12.1 Å². The lowest BCUT2D eigenvalue weighted by atomic mass is 9.78. The van der Waals surface area contributed by atoms with Crippen molar-refractivity contribution in [3.63, 3.8) is 0 Å². The Morgan fingerprint density at radius 2 is 1.71 bits per heavy atom. The van der Waals surface area contributed by atoms with Gasteiger partial charge in [-0.1, -0.05) is 39.8 Å². The highest BCUT2D eigenvalue weighted by Crippen LogP contribution is 2.29. The normalized spacial score (nSPS) is 15.6. The molecule has 0 aliphatic rings. The van der Waals surface area contributed by atoms with Crippen molar-refractivity contribution < 1.29 is 9.50 Å². The summed E-state index contributed by atoms with van der Waals surface area (Å²) >= 11 is 0. The van der Waals surface area contributed by atoms with Crippen LogP contribution in [0, 0.1) is 17.2 Å². The van der Waals surface area contributed by atoms with Gasteiger partial charge in [0.15, 0.2) is 0 Å². The molecule has 1 aromatic carbocycles. The monoisotopic (exact) mass is 238 g/mol. The summed E-state index contributed by atoms with van der Waals surface area (Å²) in [6, 6.07) is 6.35. The minimum atomic E-state index is -0.352. The van der Waals surface area contributed by atoms with Crippen molar-refractivity contribution in [3.8, 4) is 0 Å². The maximum Gasteiger partial charge on any atom is 0.123 e. The molecule has 0 saturated carbocycles. The van der Waals surface area contributed by atoms with Crippen LogP contribution in [0.3, 0.4) is 0 Å². The van der Waals surface area contributed by atoms with Crippen molar-refractivity contribution in [2.24, 2.45) is 11.3 Å². The summed E-state index contributed by atoms with van der Waals surface area (Å²) in [7, 11) is 0. The molecule has 0 aliphatic carbocycles. The lowest BCUT2D eigenvalue weighted by Crippen LogP contribution is -2.24. The Labute approximate surface area is 104 Å². The van der Waals surface area contributed by atoms with Crippen LogP contribution in [-0.4, -0.2) is 11.2 Å². The third-order valence-electron chi connectivity index (χ3n) is 3.49. The average molecular weight is 238 g/mol. The number of halogens is 1. The topological polar surface area (TPSA) is 20.2 Å². The van der Waals surface area contributed by atoms with E-state index >= 15 is 0 Å². The van der Waals surface area contributed by atoms with Crippen LogP contribution in [0.5, 0.6) is 0 Å². The van der Waals surface area contributed by atoms with E-state index in [1.165, 1.54) is 12.1 Å². The van der Waals surface area contributed by atoms with Gasteiger partial charge in [0, 0.05) is 0 Å². The number of rotatable bonds is 4. The van der Waals surface area contributed by atoms with Crippen molar-refractivity contribution in [2.75, 3.05) is 0 Å². The maximum absolute atomic E-state index is 12.7. The highest BCUT2D eigenvalue weighted by molar-refractivity contribution is 5.16. The first kappa shape index (κ1) is 14.2. The maximum atomic E-state index is 12.7. The fourth-order valence-electron chi connectivity index (χ4n) is 1.74. The zero-order chi connectivity index (χ0) is 13.1. The van der Waals surface area contributed by atoms with E-state index in [-0.39, 0.29) is 17.3 Å². The van der Waals surface area contributed by atoms with Crippen LogP contribution in [0.2, 0.25) is 0 Å². The summed E-state index contributed by atoms with van der Waals surface area (Å²) in [5, 5.41) is 10.0. The molecule has 0 aromatic heterocycles. The molecule has 0 amide bonds. The number of benzene rings is 1. The Balaban J connectivity index is 2.50. The molecule has 0 saturated heterocycles. The van der Waals surface area contributed by atoms with Crippen LogP contribution in [-0.2, 0) is 6.42 Å². The smallest absolute Gasteiger partial charge is 0.123 e. The molecule has 1 aromatic rings. The van der Waals surface area contributed by atoms with Crippen LogP contribution in [0.25, 0.3) is 0 Å². The third kappa shape index (κ3) is 4.86. The van der Waals surface area contributed by atoms with Crippen molar-refractivity contribution >= 4 is 0 Å². The van der Waals surface area contributed by atoms with E-state index in [4.69, 9.17) is 0 Å². The highest BCUT2D eigenvalue weighted by atomic mass is 19.1. The molecule has 0 heterocycles. The molecule has 0 bridgehead atoms. The molecule has 1 rings (SSSR count). The van der Waals surface area contributed by atoms with Gasteiger partial charge in [0.25, 0.3) is 0 Å². The summed E-state index contributed by atoms with van der Waals surface area (Å²) in [6.07, 6.45) is 1.02. The van der Waals surface area contributed by atoms with Gasteiger partial charge in [-0.05, 0) is 41.9 Å². The highest BCUT2D eigenvalue weighted by Gasteiger charge is 2.22. The van der Waals surface area contributed by atoms with Crippen molar-refractivity contribution in [1.29, 1.82) is 0 Å². The zero-order valence-corrected chi connectivity index (χ0v) is 11.2. The Hall–Kier alpha value is -0.890. The lowest BCUT2D eigenvalue weighted by Gasteiger charge is -2.29. The van der Waals surface area contributed by atoms with E-state index in [1.807, 2.05) is 0 Å². The second-order valence-corrected chi connectivity index (χ2v) is 5.99. The molecule has 1 N–H and O–H groups in total. The number of aliphatic hydroxyl groups is 1. The molecule has 2 heteroatoms. The molecular weight excluding hydrogens is 215 g/mol. The first-order chi connectivity index (χ1) is 7.79. The lowest BCUT2D eigenvalue weighted by molar-refractivity contribution is 0.110. The first-order valence-corrected chi connectivity index (χ1v) is 6.21. The Bertz CT molecular complexity index is 337. The van der Waals surface area contributed by atoms with Gasteiger partial charge in [-0.2, -0.15) is 0 Å². The standard InChI is InChI=1S/C15H23FO/c1-11(15(2,3)4)9-14(17)10-12-5-7-13(16)8-6-12/h5-8,11,14,17H,9-10H2,1-4H3. The van der Waals surface area contributed by atoms with E-state index in [0.717, 1.165) is 12.0 Å². The predicted molar refractivity (Wildman–Crippen MR) is 69.3 cm³/mol. The largest absolute Gasteiger partial charge is 0.393 e. The minimum Gasteiger partial charge on any atom is -0.393 e. The number of aliphatic hydroxyl groups excluding tert-OH is 1. The molecule has 2 unspecified atom stereocenters. The molecular formula is C15H23FO. The third-order valence-corrected chi connectivity index (χ3v) is 3.49. The molecule has 0 radical (unpaired) electrons. The Morgan fingerprint density at radius 3 is 2.18 bits per heavy atom. The molecule has 1 nitrogen and oxygen atoms in total. The molecule has 0 fully saturated rings. The van der Waals surface area contributed by atoms with Crippen LogP contribution in [0.4, 0.5) is 4.39 Å². The van der Waals surface area contributed by atoms with E-state index < -0.39 is 0 Å². The molecule has 96 valence electrons. The van der Waals surface area contributed by atoms with Crippen LogP contribution >= 0.6 is 0 Å². The SMILES string of the molecule is CC(CC(O)Cc1ccc(F)cc1)C(C)(C)C. The molecule has 2 atom stereocenters. The zero-order valence-electron chi connectivity index (χ0n) is 11.2. The van der Waals surface area contributed by atoms with Gasteiger partial charge < -0.3 is 5.11 Å². The van der Waals surface area contributed by atoms with Gasteiger partial charge in [-0.3, -0.25) is 0 Å². The van der Waals surface area contributed by atoms with E-state index in [9.17, 15) is 9.50 Å². The summed E-state index contributed by atoms with van der Waals surface area (Å²) < 4.78 is 12.7. The second kappa shape index (κ2) is 5.63. The molecule has 0 aliphatic heterocycles. The van der Waals surface area contributed by atoms with Gasteiger partial charge in [-0.25, -0.2) is 4.39 Å². The van der Waals surface area contributed by atoms with Crippen molar-refractivity contribution in [2.45, 2.75) is 46.6 Å². The number of hydrogen-bond donors (Lipinski definition) is 1. The summed E-state index contributed by atoms with van der Waals surface area (Å²) in [5.41, 5.74) is 1.20. The predicted octanol–water partition coefficient (Wildman–Crippen LogP) is 3.80. The van der Waals surface area contributed by atoms with Gasteiger partial charge >= 0.3 is 0 Å². The quantitative estimate of drug-likeness (QED) is 0.846. The van der Waals surface area contributed by atoms with E-state index in [0.29, 0.717) is 12.3 Å². The molecule has 17 heavy (non-hydrogen) atoms. The fraction of sp³-hybridized carbons (Fsp3) is 0.600. The summed E-state index contributed by atoms with van der Waals surface area (Å²) in [6.45, 7) is 8.71.